The van der Waals surface area contributed by atoms with Gasteiger partial charge in [0.2, 0.25) is 0 Å². The van der Waals surface area contributed by atoms with Crippen molar-refractivity contribution in [3.8, 4) is 22.8 Å². The van der Waals surface area contributed by atoms with E-state index in [1.54, 1.807) is 17.9 Å². The summed E-state index contributed by atoms with van der Waals surface area (Å²) in [5.74, 6) is 0.369. The van der Waals surface area contributed by atoms with Crippen LogP contribution in [0.1, 0.15) is 16.8 Å². The molecule has 4 rings (SSSR count). The van der Waals surface area contributed by atoms with E-state index in [4.69, 9.17) is 21.1 Å². The van der Waals surface area contributed by atoms with E-state index in [2.05, 4.69) is 10.4 Å². The molecule has 6 nitrogen and oxygen atoms in total. The number of anilines is 1. The zero-order valence-electron chi connectivity index (χ0n) is 15.0. The fraction of sp³-hybridized carbons (Fsp3) is 0.200. The summed E-state index contributed by atoms with van der Waals surface area (Å²) in [5.41, 5.74) is 2.00. The Morgan fingerprint density at radius 2 is 1.96 bits per heavy atom. The highest BCUT2D eigenvalue weighted by molar-refractivity contribution is 6.31. The molecule has 28 heavy (non-hydrogen) atoms. The zero-order chi connectivity index (χ0) is 19.7. The maximum atomic E-state index is 13.3. The maximum Gasteiger partial charge on any atom is 0.259 e. The van der Waals surface area contributed by atoms with E-state index in [1.807, 2.05) is 18.2 Å². The van der Waals surface area contributed by atoms with Gasteiger partial charge in [-0.15, -0.1) is 0 Å². The van der Waals surface area contributed by atoms with Gasteiger partial charge < -0.3 is 14.8 Å². The van der Waals surface area contributed by atoms with Gasteiger partial charge in [-0.3, -0.25) is 9.48 Å². The van der Waals surface area contributed by atoms with Gasteiger partial charge in [0.05, 0.1) is 23.8 Å². The van der Waals surface area contributed by atoms with Crippen LogP contribution in [0.3, 0.4) is 0 Å². The van der Waals surface area contributed by atoms with Gasteiger partial charge in [-0.2, -0.15) is 5.10 Å². The van der Waals surface area contributed by atoms with Crippen LogP contribution in [0.5, 0.6) is 11.5 Å². The minimum Gasteiger partial charge on any atom is -0.490 e. The second kappa shape index (κ2) is 7.52. The lowest BCUT2D eigenvalue weighted by Gasteiger charge is -2.10. The monoisotopic (exact) mass is 401 g/mol. The van der Waals surface area contributed by atoms with Crippen LogP contribution in [0.15, 0.2) is 42.6 Å². The molecule has 1 amide bonds. The smallest absolute Gasteiger partial charge is 0.259 e. The molecule has 1 aliphatic rings. The number of fused-ring (bicyclic) bond motifs is 1. The van der Waals surface area contributed by atoms with Crippen LogP contribution in [-0.2, 0) is 7.05 Å². The fourth-order valence-electron chi connectivity index (χ4n) is 2.95. The Labute approximate surface area is 165 Å². The Morgan fingerprint density at radius 1 is 1.18 bits per heavy atom. The van der Waals surface area contributed by atoms with Gasteiger partial charge in [-0.25, -0.2) is 4.39 Å². The van der Waals surface area contributed by atoms with Crippen LogP contribution < -0.4 is 14.8 Å². The molecule has 0 bridgehead atoms. The molecule has 0 saturated carbocycles. The average molecular weight is 402 g/mol. The number of carbonyl (C=O) groups is 1. The molecule has 1 aliphatic heterocycles. The first-order valence-electron chi connectivity index (χ1n) is 8.71. The Balaban J connectivity index is 1.66. The van der Waals surface area contributed by atoms with Gasteiger partial charge >= 0.3 is 0 Å². The summed E-state index contributed by atoms with van der Waals surface area (Å²) in [4.78, 5) is 12.8. The third-order valence-corrected chi connectivity index (χ3v) is 4.56. The molecule has 2 heterocycles. The molecule has 0 aliphatic carbocycles. The van der Waals surface area contributed by atoms with Crippen molar-refractivity contribution in [1.29, 1.82) is 0 Å². The predicted molar refractivity (Wildman–Crippen MR) is 104 cm³/mol. The first-order valence-corrected chi connectivity index (χ1v) is 9.09. The van der Waals surface area contributed by atoms with E-state index in [9.17, 15) is 9.18 Å². The molecule has 0 saturated heterocycles. The van der Waals surface area contributed by atoms with Crippen LogP contribution in [0.4, 0.5) is 10.1 Å². The average Bonchev–Trinajstić information content (AvgIpc) is 2.92. The molecule has 8 heteroatoms. The van der Waals surface area contributed by atoms with Crippen molar-refractivity contribution in [3.63, 3.8) is 0 Å². The largest absolute Gasteiger partial charge is 0.490 e. The van der Waals surface area contributed by atoms with E-state index in [0.717, 1.165) is 12.0 Å². The van der Waals surface area contributed by atoms with Crippen molar-refractivity contribution in [2.45, 2.75) is 6.42 Å². The number of ether oxygens (including phenoxy) is 2. The summed E-state index contributed by atoms with van der Waals surface area (Å²) in [7, 11) is 1.73. The zero-order valence-corrected chi connectivity index (χ0v) is 15.8. The van der Waals surface area contributed by atoms with Crippen molar-refractivity contribution in [3.05, 3.63) is 59.0 Å². The molecule has 1 aromatic heterocycles. The third kappa shape index (κ3) is 3.66. The molecular weight excluding hydrogens is 385 g/mol. The van der Waals surface area contributed by atoms with Gasteiger partial charge in [0, 0.05) is 30.9 Å². The summed E-state index contributed by atoms with van der Waals surface area (Å²) < 4.78 is 26.3. The van der Waals surface area contributed by atoms with Crippen LogP contribution in [0.2, 0.25) is 5.02 Å². The Morgan fingerprint density at radius 3 is 2.75 bits per heavy atom. The molecule has 0 spiro atoms. The lowest BCUT2D eigenvalue weighted by atomic mass is 10.1. The summed E-state index contributed by atoms with van der Waals surface area (Å²) in [5, 5.41) is 7.08. The highest BCUT2D eigenvalue weighted by Crippen LogP contribution is 2.35. The molecule has 0 unspecified atom stereocenters. The van der Waals surface area contributed by atoms with Crippen molar-refractivity contribution in [1.82, 2.24) is 9.78 Å². The number of aryl methyl sites for hydroxylation is 1. The van der Waals surface area contributed by atoms with Crippen molar-refractivity contribution in [2.24, 2.45) is 7.05 Å². The number of rotatable bonds is 3. The molecule has 0 fully saturated rings. The van der Waals surface area contributed by atoms with E-state index < -0.39 is 5.82 Å². The number of benzene rings is 2. The van der Waals surface area contributed by atoms with E-state index in [0.29, 0.717) is 41.7 Å². The van der Waals surface area contributed by atoms with E-state index in [-0.39, 0.29) is 10.9 Å². The van der Waals surface area contributed by atoms with Crippen molar-refractivity contribution < 1.29 is 18.7 Å². The predicted octanol–water partition coefficient (Wildman–Crippen LogP) is 4.29. The molecule has 0 atom stereocenters. The molecular formula is C20H17ClFN3O3. The molecule has 2 aromatic carbocycles. The number of aromatic nitrogens is 2. The number of hydrogen-bond acceptors (Lipinski definition) is 4. The van der Waals surface area contributed by atoms with Crippen LogP contribution >= 0.6 is 11.6 Å². The summed E-state index contributed by atoms with van der Waals surface area (Å²) in [6.07, 6.45) is 2.43. The number of hydrogen-bond donors (Lipinski definition) is 1. The first kappa shape index (κ1) is 18.3. The lowest BCUT2D eigenvalue weighted by Crippen LogP contribution is -2.12. The SMILES string of the molecule is Cn1cc(C(=O)Nc2ccc(F)c(Cl)c2)c(-c2ccc3c(c2)OCCCO3)n1. The van der Waals surface area contributed by atoms with E-state index >= 15 is 0 Å². The van der Waals surface area contributed by atoms with Gasteiger partial charge in [0.15, 0.2) is 11.5 Å². The molecule has 0 radical (unpaired) electrons. The number of nitrogens with one attached hydrogen (secondary N) is 1. The Hall–Kier alpha value is -3.06. The number of nitrogens with zero attached hydrogens (tertiary/aromatic N) is 2. The number of carbonyl (C=O) groups excluding carboxylic acids is 1. The molecule has 3 aromatic rings. The molecule has 1 N–H and O–H groups in total. The fourth-order valence-corrected chi connectivity index (χ4v) is 3.13. The second-order valence-corrected chi connectivity index (χ2v) is 6.77. The lowest BCUT2D eigenvalue weighted by molar-refractivity contribution is 0.102. The minimum absolute atomic E-state index is 0.0629. The van der Waals surface area contributed by atoms with Crippen LogP contribution in [0.25, 0.3) is 11.3 Å². The summed E-state index contributed by atoms with van der Waals surface area (Å²) in [6.45, 7) is 1.17. The normalized spacial score (nSPS) is 13.1. The van der Waals surface area contributed by atoms with Gasteiger partial charge in [0.1, 0.15) is 11.5 Å². The second-order valence-electron chi connectivity index (χ2n) is 6.36. The van der Waals surface area contributed by atoms with E-state index in [1.165, 1.54) is 18.2 Å². The highest BCUT2D eigenvalue weighted by Gasteiger charge is 2.20. The van der Waals surface area contributed by atoms with Gasteiger partial charge in [-0.1, -0.05) is 11.6 Å². The van der Waals surface area contributed by atoms with Crippen LogP contribution in [0, 0.1) is 5.82 Å². The summed E-state index contributed by atoms with van der Waals surface area (Å²) in [6, 6.07) is 9.47. The standard InChI is InChI=1S/C20H17ClFN3O3/c1-25-11-14(20(26)23-13-4-5-16(22)15(21)10-13)19(24-25)12-3-6-17-18(9-12)28-8-2-7-27-17/h3-6,9-11H,2,7-8H2,1H3,(H,23,26). The van der Waals surface area contributed by atoms with Gasteiger partial charge in [-0.05, 0) is 36.4 Å². The van der Waals surface area contributed by atoms with Crippen LogP contribution in [-0.4, -0.2) is 28.9 Å². The van der Waals surface area contributed by atoms with Crippen molar-refractivity contribution >= 4 is 23.2 Å². The quantitative estimate of drug-likeness (QED) is 0.711. The highest BCUT2D eigenvalue weighted by atomic mass is 35.5. The van der Waals surface area contributed by atoms with Gasteiger partial charge in [0.25, 0.3) is 5.91 Å². The Bertz CT molecular complexity index is 1050. The third-order valence-electron chi connectivity index (χ3n) is 4.27. The molecule has 144 valence electrons. The number of halogens is 2. The topological polar surface area (TPSA) is 65.4 Å². The summed E-state index contributed by atoms with van der Waals surface area (Å²) >= 11 is 5.79. The maximum absolute atomic E-state index is 13.3. The first-order chi connectivity index (χ1) is 13.5. The van der Waals surface area contributed by atoms with Crippen molar-refractivity contribution in [2.75, 3.05) is 18.5 Å². The Kier molecular flexibility index (Phi) is 4.92. The number of amides is 1. The minimum atomic E-state index is -0.547.